The number of aliphatic hydroxyl groups excluding tert-OH is 1. The largest absolute Gasteiger partial charge is 0.384 e. The van der Waals surface area contributed by atoms with Crippen LogP contribution in [0.2, 0.25) is 0 Å². The van der Waals surface area contributed by atoms with Crippen molar-refractivity contribution in [3.63, 3.8) is 0 Å². The Morgan fingerprint density at radius 1 is 1.40 bits per heavy atom. The van der Waals surface area contributed by atoms with E-state index in [-0.39, 0.29) is 5.57 Å². The number of hydrogen-bond acceptors (Lipinski definition) is 1. The zero-order valence-corrected chi connectivity index (χ0v) is 9.71. The normalized spacial score (nSPS) is 15.1. The topological polar surface area (TPSA) is 20.2 Å². The molecule has 0 amide bonds. The van der Waals surface area contributed by atoms with Crippen molar-refractivity contribution in [2.75, 3.05) is 0 Å². The van der Waals surface area contributed by atoms with Crippen molar-refractivity contribution in [2.45, 2.75) is 17.9 Å². The Bertz CT molecular complexity index is 343. The Morgan fingerprint density at radius 3 is 2.40 bits per heavy atom. The Kier molecular flexibility index (Phi) is 3.99. The van der Waals surface area contributed by atoms with Gasteiger partial charge in [0.25, 0.3) is 0 Å². The van der Waals surface area contributed by atoms with E-state index >= 15 is 0 Å². The average Bonchev–Trinajstić information content (AvgIpc) is 2.17. The molecule has 0 spiro atoms. The second-order valence-electron chi connectivity index (χ2n) is 3.20. The number of rotatable bonds is 3. The monoisotopic (exact) mass is 276 g/mol. The molecule has 4 heteroatoms. The predicted molar refractivity (Wildman–Crippen MR) is 59.0 cm³/mol. The van der Waals surface area contributed by atoms with Gasteiger partial charge in [-0.3, -0.25) is 0 Å². The van der Waals surface area contributed by atoms with E-state index in [1.165, 1.54) is 6.92 Å². The second kappa shape index (κ2) is 4.86. The van der Waals surface area contributed by atoms with E-state index in [1.807, 2.05) is 0 Å². The van der Waals surface area contributed by atoms with Crippen molar-refractivity contribution < 1.29 is 13.9 Å². The van der Waals surface area contributed by atoms with Gasteiger partial charge in [-0.15, -0.1) is 0 Å². The van der Waals surface area contributed by atoms with Gasteiger partial charge in [0.05, 0.1) is 6.10 Å². The molecule has 1 rings (SSSR count). The van der Waals surface area contributed by atoms with Gasteiger partial charge in [0.15, 0.2) is 0 Å². The van der Waals surface area contributed by atoms with Gasteiger partial charge in [-0.1, -0.05) is 30.3 Å². The van der Waals surface area contributed by atoms with Crippen molar-refractivity contribution in [1.29, 1.82) is 0 Å². The van der Waals surface area contributed by atoms with Gasteiger partial charge < -0.3 is 5.11 Å². The van der Waals surface area contributed by atoms with Crippen molar-refractivity contribution in [3.8, 4) is 0 Å². The Morgan fingerprint density at radius 2 is 1.93 bits per heavy atom. The van der Waals surface area contributed by atoms with Crippen LogP contribution in [0.15, 0.2) is 42.0 Å². The maximum absolute atomic E-state index is 12.7. The molecule has 0 saturated carbocycles. The van der Waals surface area contributed by atoms with E-state index in [0.717, 1.165) is 6.08 Å². The van der Waals surface area contributed by atoms with Crippen molar-refractivity contribution in [3.05, 3.63) is 47.5 Å². The minimum atomic E-state index is -3.07. The third kappa shape index (κ3) is 3.72. The lowest BCUT2D eigenvalue weighted by molar-refractivity contribution is 0.151. The minimum Gasteiger partial charge on any atom is -0.384 e. The summed E-state index contributed by atoms with van der Waals surface area (Å²) in [6.45, 7) is 1.26. The van der Waals surface area contributed by atoms with Crippen LogP contribution < -0.4 is 0 Å². The maximum Gasteiger partial charge on any atom is 0.322 e. The Labute approximate surface area is 95.6 Å². The molecule has 0 fully saturated rings. The third-order valence-electron chi connectivity index (χ3n) is 2.00. The maximum atomic E-state index is 12.7. The molecule has 0 aromatic heterocycles. The van der Waals surface area contributed by atoms with Crippen LogP contribution in [-0.2, 0) is 0 Å². The van der Waals surface area contributed by atoms with Crippen LogP contribution in [0.4, 0.5) is 8.78 Å². The summed E-state index contributed by atoms with van der Waals surface area (Å²) in [5.41, 5.74) is 0.382. The van der Waals surface area contributed by atoms with Gasteiger partial charge in [-0.05, 0) is 34.5 Å². The summed E-state index contributed by atoms with van der Waals surface area (Å²) < 4.78 is 25.5. The van der Waals surface area contributed by atoms with Gasteiger partial charge in [0, 0.05) is 5.57 Å². The molecule has 1 aromatic rings. The molecular formula is C11H11BrF2O. The van der Waals surface area contributed by atoms with Crippen LogP contribution in [-0.4, -0.2) is 9.94 Å². The first-order valence-electron chi connectivity index (χ1n) is 4.40. The summed E-state index contributed by atoms with van der Waals surface area (Å²) in [7, 11) is 0. The minimum absolute atomic E-state index is 0.209. The number of halogens is 3. The molecule has 1 aromatic carbocycles. The summed E-state index contributed by atoms with van der Waals surface area (Å²) in [5.74, 6) is 0. The molecule has 0 heterocycles. The summed E-state index contributed by atoms with van der Waals surface area (Å²) >= 11 is 2.23. The standard InChI is InChI=1S/C11H11BrF2O/c1-8(11(12,13)14)7-10(15)9-5-3-2-4-6-9/h2-7,10,15H,1H3/b8-7+. The van der Waals surface area contributed by atoms with E-state index in [9.17, 15) is 13.9 Å². The molecule has 1 atom stereocenters. The quantitative estimate of drug-likeness (QED) is 0.660. The van der Waals surface area contributed by atoms with Crippen LogP contribution in [0, 0.1) is 0 Å². The van der Waals surface area contributed by atoms with E-state index < -0.39 is 10.9 Å². The lowest BCUT2D eigenvalue weighted by atomic mass is 10.1. The Balaban J connectivity index is 2.84. The first-order chi connectivity index (χ1) is 6.91. The summed E-state index contributed by atoms with van der Waals surface area (Å²) in [4.78, 5) is -3.07. The molecular weight excluding hydrogens is 266 g/mol. The van der Waals surface area contributed by atoms with Crippen LogP contribution in [0.5, 0.6) is 0 Å². The van der Waals surface area contributed by atoms with Crippen molar-refractivity contribution in [2.24, 2.45) is 0 Å². The predicted octanol–water partition coefficient (Wildman–Crippen LogP) is 3.65. The third-order valence-corrected chi connectivity index (χ3v) is 2.62. The number of hydrogen-bond donors (Lipinski definition) is 1. The number of alkyl halides is 3. The number of benzene rings is 1. The summed E-state index contributed by atoms with van der Waals surface area (Å²) in [5, 5.41) is 9.62. The van der Waals surface area contributed by atoms with Gasteiger partial charge in [0.2, 0.25) is 0 Å². The molecule has 1 unspecified atom stereocenters. The average molecular weight is 277 g/mol. The van der Waals surface area contributed by atoms with Crippen LogP contribution in [0.3, 0.4) is 0 Å². The molecule has 0 bridgehead atoms. The molecule has 15 heavy (non-hydrogen) atoms. The zero-order valence-electron chi connectivity index (χ0n) is 8.12. The summed E-state index contributed by atoms with van der Waals surface area (Å²) in [6.07, 6.45) is 0.124. The van der Waals surface area contributed by atoms with Crippen LogP contribution in [0.1, 0.15) is 18.6 Å². The van der Waals surface area contributed by atoms with Crippen LogP contribution >= 0.6 is 15.9 Å². The number of aliphatic hydroxyl groups is 1. The lowest BCUT2D eigenvalue weighted by Gasteiger charge is -2.12. The van der Waals surface area contributed by atoms with E-state index in [4.69, 9.17) is 0 Å². The highest BCUT2D eigenvalue weighted by atomic mass is 79.9. The lowest BCUT2D eigenvalue weighted by Crippen LogP contribution is -2.08. The van der Waals surface area contributed by atoms with E-state index in [1.54, 1.807) is 30.3 Å². The second-order valence-corrected chi connectivity index (χ2v) is 4.20. The van der Waals surface area contributed by atoms with E-state index in [0.29, 0.717) is 5.56 Å². The fourth-order valence-electron chi connectivity index (χ4n) is 1.08. The smallest absolute Gasteiger partial charge is 0.322 e. The molecule has 0 radical (unpaired) electrons. The molecule has 0 aliphatic heterocycles. The molecule has 0 aliphatic rings. The Hall–Kier alpha value is -0.740. The molecule has 0 aliphatic carbocycles. The molecule has 1 nitrogen and oxygen atoms in total. The highest BCUT2D eigenvalue weighted by Crippen LogP contribution is 2.32. The SMILES string of the molecule is C/C(=C\C(O)c1ccccc1)C(F)(F)Br. The fourth-order valence-corrected chi connectivity index (χ4v) is 1.21. The fraction of sp³-hybridized carbons (Fsp3) is 0.273. The van der Waals surface area contributed by atoms with Gasteiger partial charge in [0.1, 0.15) is 0 Å². The van der Waals surface area contributed by atoms with Crippen molar-refractivity contribution >= 4 is 15.9 Å². The van der Waals surface area contributed by atoms with Crippen molar-refractivity contribution in [1.82, 2.24) is 0 Å². The first kappa shape index (κ1) is 12.3. The zero-order chi connectivity index (χ0) is 11.5. The van der Waals surface area contributed by atoms with E-state index in [2.05, 4.69) is 15.9 Å². The van der Waals surface area contributed by atoms with Gasteiger partial charge in [-0.2, -0.15) is 8.78 Å². The van der Waals surface area contributed by atoms with Gasteiger partial charge in [-0.25, -0.2) is 0 Å². The van der Waals surface area contributed by atoms with Crippen LogP contribution in [0.25, 0.3) is 0 Å². The molecule has 82 valence electrons. The highest BCUT2D eigenvalue weighted by molar-refractivity contribution is 9.10. The highest BCUT2D eigenvalue weighted by Gasteiger charge is 2.27. The molecule has 1 N–H and O–H groups in total. The first-order valence-corrected chi connectivity index (χ1v) is 5.19. The molecule has 0 saturated heterocycles. The summed E-state index contributed by atoms with van der Waals surface area (Å²) in [6, 6.07) is 8.65. The number of allylic oxidation sites excluding steroid dienone is 1. The van der Waals surface area contributed by atoms with Gasteiger partial charge >= 0.3 is 4.83 Å².